The Morgan fingerprint density at radius 3 is 2.52 bits per heavy atom. The zero-order valence-electron chi connectivity index (χ0n) is 16.9. The van der Waals surface area contributed by atoms with Gasteiger partial charge in [0.25, 0.3) is 5.56 Å². The highest BCUT2D eigenvalue weighted by atomic mass is 16.5. The molecule has 0 aliphatic carbocycles. The fourth-order valence-electron chi connectivity index (χ4n) is 3.37. The molecule has 0 radical (unpaired) electrons. The molecular formula is C23H24N4O2. The Kier molecular flexibility index (Phi) is 5.16. The van der Waals surface area contributed by atoms with E-state index in [9.17, 15) is 4.79 Å². The van der Waals surface area contributed by atoms with E-state index in [4.69, 9.17) is 9.84 Å². The summed E-state index contributed by atoms with van der Waals surface area (Å²) in [6.07, 6.45) is 2.81. The number of benzene rings is 1. The Hall–Kier alpha value is -3.41. The summed E-state index contributed by atoms with van der Waals surface area (Å²) in [7, 11) is 0. The van der Waals surface area contributed by atoms with Crippen molar-refractivity contribution in [1.82, 2.24) is 19.4 Å². The molecule has 0 fully saturated rings. The van der Waals surface area contributed by atoms with Gasteiger partial charge in [-0.3, -0.25) is 4.79 Å². The molecule has 3 heterocycles. The second-order valence-electron chi connectivity index (χ2n) is 7.20. The van der Waals surface area contributed by atoms with Crippen LogP contribution in [-0.4, -0.2) is 26.0 Å². The van der Waals surface area contributed by atoms with E-state index >= 15 is 0 Å². The molecule has 3 aromatic heterocycles. The maximum Gasteiger partial charge on any atom is 0.267 e. The Morgan fingerprint density at radius 2 is 1.79 bits per heavy atom. The van der Waals surface area contributed by atoms with E-state index in [0.717, 1.165) is 34.5 Å². The Labute approximate surface area is 169 Å². The smallest absolute Gasteiger partial charge is 0.267 e. The van der Waals surface area contributed by atoms with Crippen molar-refractivity contribution in [1.29, 1.82) is 0 Å². The van der Waals surface area contributed by atoms with Crippen LogP contribution in [-0.2, 0) is 0 Å². The molecule has 0 N–H and O–H groups in total. The first-order chi connectivity index (χ1) is 14.1. The van der Waals surface area contributed by atoms with Crippen LogP contribution in [0.4, 0.5) is 0 Å². The zero-order chi connectivity index (χ0) is 20.4. The highest BCUT2D eigenvalue weighted by Crippen LogP contribution is 2.38. The number of ether oxygens (including phenoxy) is 1. The van der Waals surface area contributed by atoms with E-state index in [2.05, 4.69) is 12.0 Å². The van der Waals surface area contributed by atoms with E-state index < -0.39 is 0 Å². The molecule has 148 valence electrons. The Morgan fingerprint density at radius 1 is 1.00 bits per heavy atom. The van der Waals surface area contributed by atoms with Crippen LogP contribution in [0.3, 0.4) is 0 Å². The normalized spacial score (nSPS) is 11.3. The van der Waals surface area contributed by atoms with Gasteiger partial charge in [-0.25, -0.2) is 9.20 Å². The molecule has 0 aliphatic heterocycles. The average molecular weight is 388 g/mol. The molecule has 6 nitrogen and oxygen atoms in total. The van der Waals surface area contributed by atoms with Gasteiger partial charge in [-0.05, 0) is 38.5 Å². The molecule has 4 rings (SSSR count). The number of fused-ring (bicyclic) bond motifs is 1. The number of rotatable bonds is 6. The molecule has 29 heavy (non-hydrogen) atoms. The van der Waals surface area contributed by atoms with Crippen LogP contribution in [0, 0.1) is 0 Å². The maximum absolute atomic E-state index is 12.3. The van der Waals surface area contributed by atoms with Crippen LogP contribution in [0.15, 0.2) is 65.6 Å². The number of pyridine rings is 1. The third kappa shape index (κ3) is 3.53. The number of hydrogen-bond acceptors (Lipinski definition) is 4. The molecular weight excluding hydrogens is 364 g/mol. The van der Waals surface area contributed by atoms with E-state index in [1.165, 1.54) is 4.68 Å². The van der Waals surface area contributed by atoms with Crippen molar-refractivity contribution >= 4 is 5.52 Å². The molecule has 0 atom stereocenters. The van der Waals surface area contributed by atoms with E-state index in [1.807, 2.05) is 67.0 Å². The second-order valence-corrected chi connectivity index (χ2v) is 7.20. The molecule has 4 aromatic rings. The van der Waals surface area contributed by atoms with E-state index in [1.54, 1.807) is 12.1 Å². The first-order valence-electron chi connectivity index (χ1n) is 9.90. The number of nitrogens with zero attached hydrogens (tertiary/aromatic N) is 4. The maximum atomic E-state index is 12.3. The van der Waals surface area contributed by atoms with E-state index in [0.29, 0.717) is 12.3 Å². The molecule has 1 aromatic carbocycles. The lowest BCUT2D eigenvalue weighted by molar-refractivity contribution is 0.320. The zero-order valence-corrected chi connectivity index (χ0v) is 16.9. The van der Waals surface area contributed by atoms with Crippen molar-refractivity contribution in [3.05, 3.63) is 71.1 Å². The van der Waals surface area contributed by atoms with Gasteiger partial charge in [0.15, 0.2) is 0 Å². The van der Waals surface area contributed by atoms with Gasteiger partial charge in [-0.2, -0.15) is 10.2 Å². The lowest BCUT2D eigenvalue weighted by atomic mass is 10.0. The minimum Gasteiger partial charge on any atom is -0.491 e. The SMILES string of the molecule is CCCOc1cccn2nc(-c3ccccc3)c(-c3ccc(=O)n(C(C)C)n3)c12. The van der Waals surface area contributed by atoms with Gasteiger partial charge in [0.1, 0.15) is 17.0 Å². The van der Waals surface area contributed by atoms with Crippen LogP contribution < -0.4 is 10.3 Å². The van der Waals surface area contributed by atoms with Crippen LogP contribution in [0.1, 0.15) is 33.2 Å². The molecule has 6 heteroatoms. The van der Waals surface area contributed by atoms with Gasteiger partial charge in [0.05, 0.1) is 23.9 Å². The van der Waals surface area contributed by atoms with Crippen LogP contribution in [0.5, 0.6) is 5.75 Å². The summed E-state index contributed by atoms with van der Waals surface area (Å²) < 4.78 is 9.36. The van der Waals surface area contributed by atoms with Crippen LogP contribution in [0.2, 0.25) is 0 Å². The van der Waals surface area contributed by atoms with Crippen molar-refractivity contribution in [3.8, 4) is 28.3 Å². The minimum atomic E-state index is -0.121. The van der Waals surface area contributed by atoms with Gasteiger partial charge in [-0.15, -0.1) is 0 Å². The highest BCUT2D eigenvalue weighted by Gasteiger charge is 2.21. The Balaban J connectivity index is 2.04. The summed E-state index contributed by atoms with van der Waals surface area (Å²) in [5, 5.41) is 9.50. The average Bonchev–Trinajstić information content (AvgIpc) is 3.13. The highest BCUT2D eigenvalue weighted by molar-refractivity contribution is 5.93. The molecule has 0 amide bonds. The summed E-state index contributed by atoms with van der Waals surface area (Å²) in [6, 6.07) is 17.2. The molecule has 0 aliphatic rings. The fourth-order valence-corrected chi connectivity index (χ4v) is 3.37. The molecule has 0 saturated carbocycles. The summed E-state index contributed by atoms with van der Waals surface area (Å²) in [6.45, 7) is 6.58. The topological polar surface area (TPSA) is 61.4 Å². The number of aromatic nitrogens is 4. The summed E-state index contributed by atoms with van der Waals surface area (Å²) in [4.78, 5) is 12.3. The first-order valence-corrected chi connectivity index (χ1v) is 9.90. The van der Waals surface area contributed by atoms with Crippen molar-refractivity contribution in [2.75, 3.05) is 6.61 Å². The predicted octanol–water partition coefficient (Wildman–Crippen LogP) is 4.59. The third-order valence-electron chi connectivity index (χ3n) is 4.70. The second kappa shape index (κ2) is 7.91. The van der Waals surface area contributed by atoms with E-state index in [-0.39, 0.29) is 11.6 Å². The lowest BCUT2D eigenvalue weighted by Gasteiger charge is -2.12. The molecule has 0 unspecified atom stereocenters. The van der Waals surface area contributed by atoms with Crippen molar-refractivity contribution < 1.29 is 4.74 Å². The third-order valence-corrected chi connectivity index (χ3v) is 4.70. The van der Waals surface area contributed by atoms with Gasteiger partial charge in [0.2, 0.25) is 0 Å². The quantitative estimate of drug-likeness (QED) is 0.484. The van der Waals surface area contributed by atoms with Gasteiger partial charge in [0, 0.05) is 17.8 Å². The summed E-state index contributed by atoms with van der Waals surface area (Å²) >= 11 is 0. The van der Waals surface area contributed by atoms with Crippen molar-refractivity contribution in [3.63, 3.8) is 0 Å². The lowest BCUT2D eigenvalue weighted by Crippen LogP contribution is -2.23. The first kappa shape index (κ1) is 18.9. The molecule has 0 saturated heterocycles. The Bertz CT molecular complexity index is 1190. The van der Waals surface area contributed by atoms with Crippen molar-refractivity contribution in [2.45, 2.75) is 33.2 Å². The largest absolute Gasteiger partial charge is 0.491 e. The summed E-state index contributed by atoms with van der Waals surface area (Å²) in [5.74, 6) is 0.753. The van der Waals surface area contributed by atoms with Crippen LogP contribution >= 0.6 is 0 Å². The van der Waals surface area contributed by atoms with Crippen molar-refractivity contribution in [2.24, 2.45) is 0 Å². The summed E-state index contributed by atoms with van der Waals surface area (Å²) in [5.41, 5.74) is 4.07. The van der Waals surface area contributed by atoms with Gasteiger partial charge < -0.3 is 4.74 Å². The predicted molar refractivity (Wildman–Crippen MR) is 114 cm³/mol. The van der Waals surface area contributed by atoms with Crippen LogP contribution in [0.25, 0.3) is 28.0 Å². The van der Waals surface area contributed by atoms with Gasteiger partial charge in [-0.1, -0.05) is 37.3 Å². The monoisotopic (exact) mass is 388 g/mol. The van der Waals surface area contributed by atoms with Gasteiger partial charge >= 0.3 is 0 Å². The molecule has 0 spiro atoms. The fraction of sp³-hybridized carbons (Fsp3) is 0.261. The number of hydrogen-bond donors (Lipinski definition) is 0. The standard InChI is InChI=1S/C23H24N4O2/c1-4-15-29-19-11-8-14-26-23(19)21(22(25-26)17-9-6-5-7-10-17)18-12-13-20(28)27(24-18)16(2)3/h5-14,16H,4,15H2,1-3H3. The molecule has 0 bridgehead atoms. The minimum absolute atomic E-state index is 0.0414.